The number of allylic oxidation sites excluding steroid dienone is 2. The first-order valence-corrected chi connectivity index (χ1v) is 19.4. The predicted molar refractivity (Wildman–Crippen MR) is 234 cm³/mol. The van der Waals surface area contributed by atoms with E-state index in [0.717, 1.165) is 53.4 Å². The average Bonchev–Trinajstić information content (AvgIpc) is 3.54. The highest BCUT2D eigenvalue weighted by atomic mass is 16.3. The van der Waals surface area contributed by atoms with E-state index in [1.807, 2.05) is 6.08 Å². The zero-order valence-corrected chi connectivity index (χ0v) is 31.8. The summed E-state index contributed by atoms with van der Waals surface area (Å²) in [4.78, 5) is 2.43. The molecular formula is C53H45NO. The maximum atomic E-state index is 6.28. The lowest BCUT2D eigenvalue weighted by Gasteiger charge is -2.29. The van der Waals surface area contributed by atoms with Gasteiger partial charge in [0.2, 0.25) is 0 Å². The third kappa shape index (κ3) is 6.28. The van der Waals surface area contributed by atoms with Gasteiger partial charge in [0.25, 0.3) is 0 Å². The molecule has 0 saturated carbocycles. The fraction of sp³-hybridized carbons (Fsp3) is 0.132. The molecule has 9 rings (SSSR count). The van der Waals surface area contributed by atoms with Crippen LogP contribution in [0.5, 0.6) is 0 Å². The number of rotatable bonds is 8. The van der Waals surface area contributed by atoms with Gasteiger partial charge in [0.15, 0.2) is 0 Å². The van der Waals surface area contributed by atoms with Crippen LogP contribution in [0.2, 0.25) is 0 Å². The summed E-state index contributed by atoms with van der Waals surface area (Å²) in [5.41, 5.74) is 18.0. The monoisotopic (exact) mass is 711 g/mol. The van der Waals surface area contributed by atoms with E-state index in [1.54, 1.807) is 0 Å². The van der Waals surface area contributed by atoms with Crippen LogP contribution in [0.25, 0.3) is 57.2 Å². The van der Waals surface area contributed by atoms with Gasteiger partial charge < -0.3 is 9.32 Å². The summed E-state index contributed by atoms with van der Waals surface area (Å²) in [5, 5.41) is 0. The van der Waals surface area contributed by atoms with E-state index in [2.05, 4.69) is 196 Å². The molecule has 0 fully saturated rings. The van der Waals surface area contributed by atoms with Crippen molar-refractivity contribution in [1.82, 2.24) is 0 Å². The van der Waals surface area contributed by atoms with E-state index in [9.17, 15) is 0 Å². The van der Waals surface area contributed by atoms with Gasteiger partial charge in [-0.1, -0.05) is 136 Å². The molecule has 7 aromatic rings. The molecule has 55 heavy (non-hydrogen) atoms. The molecule has 0 spiro atoms. The van der Waals surface area contributed by atoms with Crippen molar-refractivity contribution in [2.24, 2.45) is 0 Å². The largest absolute Gasteiger partial charge is 0.460 e. The topological polar surface area (TPSA) is 16.4 Å². The molecule has 1 heterocycles. The Hall–Kier alpha value is -6.38. The van der Waals surface area contributed by atoms with Crippen LogP contribution in [0.15, 0.2) is 163 Å². The first kappa shape index (κ1) is 34.4. The molecule has 0 N–H and O–H groups in total. The standard InChI is InChI=1S/C53H45NO/c1-5-51-48(47-22-13-8-14-24-52(47)55-51)31-36(2)37-25-27-42(28-26-37)54(43-29-30-46-45-21-15-16-23-49(45)53(3,4)50(46)35-43)44-33-40(38-17-9-6-10-18-38)32-41(34-44)39-19-11-7-12-20-39/h5-7,9-13,15-23,25-35H,1,8,14,24H2,2-4H3/b36-31+. The van der Waals surface area contributed by atoms with Crippen molar-refractivity contribution in [3.63, 3.8) is 0 Å². The molecule has 6 aromatic carbocycles. The fourth-order valence-electron chi connectivity index (χ4n) is 8.56. The lowest BCUT2D eigenvalue weighted by molar-refractivity contribution is 0.495. The van der Waals surface area contributed by atoms with Gasteiger partial charge in [0.05, 0.1) is 0 Å². The number of anilines is 3. The molecule has 0 aliphatic heterocycles. The maximum Gasteiger partial charge on any atom is 0.134 e. The number of aryl methyl sites for hydroxylation is 1. The van der Waals surface area contributed by atoms with Crippen LogP contribution in [0.1, 0.15) is 73.0 Å². The van der Waals surface area contributed by atoms with Crippen molar-refractivity contribution in [3.8, 4) is 33.4 Å². The van der Waals surface area contributed by atoms with Crippen LogP contribution in [0.3, 0.4) is 0 Å². The van der Waals surface area contributed by atoms with Crippen molar-refractivity contribution in [3.05, 3.63) is 198 Å². The minimum Gasteiger partial charge on any atom is -0.460 e. The maximum absolute atomic E-state index is 6.28. The quantitative estimate of drug-likeness (QED) is 0.156. The van der Waals surface area contributed by atoms with Crippen LogP contribution in [-0.4, -0.2) is 0 Å². The second kappa shape index (κ2) is 14.1. The molecular weight excluding hydrogens is 667 g/mol. The molecule has 0 bridgehead atoms. The number of benzene rings is 6. The second-order valence-electron chi connectivity index (χ2n) is 15.3. The van der Waals surface area contributed by atoms with Gasteiger partial charge in [-0.2, -0.15) is 0 Å². The van der Waals surface area contributed by atoms with E-state index in [1.165, 1.54) is 61.2 Å². The van der Waals surface area contributed by atoms with Crippen LogP contribution in [0.4, 0.5) is 17.1 Å². The van der Waals surface area contributed by atoms with E-state index < -0.39 is 0 Å². The molecule has 268 valence electrons. The molecule has 0 radical (unpaired) electrons. The highest BCUT2D eigenvalue weighted by Crippen LogP contribution is 2.51. The molecule has 0 saturated heterocycles. The first-order chi connectivity index (χ1) is 26.9. The van der Waals surface area contributed by atoms with E-state index in [4.69, 9.17) is 4.42 Å². The summed E-state index contributed by atoms with van der Waals surface area (Å²) in [6.07, 6.45) is 11.7. The molecule has 0 atom stereocenters. The van der Waals surface area contributed by atoms with Crippen LogP contribution in [0, 0.1) is 0 Å². The Morgan fingerprint density at radius 1 is 0.655 bits per heavy atom. The minimum absolute atomic E-state index is 0.120. The Balaban J connectivity index is 1.19. The lowest BCUT2D eigenvalue weighted by Crippen LogP contribution is -2.16. The fourth-order valence-corrected chi connectivity index (χ4v) is 8.56. The van der Waals surface area contributed by atoms with Crippen LogP contribution >= 0.6 is 0 Å². The number of hydrogen-bond acceptors (Lipinski definition) is 2. The van der Waals surface area contributed by atoms with Crippen molar-refractivity contribution in [2.45, 2.75) is 45.4 Å². The third-order valence-electron chi connectivity index (χ3n) is 11.5. The van der Waals surface area contributed by atoms with Gasteiger partial charge in [-0.15, -0.1) is 0 Å². The summed E-state index contributed by atoms with van der Waals surface area (Å²) in [5.74, 6) is 1.90. The van der Waals surface area contributed by atoms with Gasteiger partial charge in [0, 0.05) is 40.0 Å². The number of nitrogens with zero attached hydrogens (tertiary/aromatic N) is 1. The van der Waals surface area contributed by atoms with Gasteiger partial charge in [-0.05, 0) is 130 Å². The molecule has 2 aliphatic rings. The molecule has 2 heteroatoms. The highest BCUT2D eigenvalue weighted by molar-refractivity contribution is 5.90. The lowest BCUT2D eigenvalue weighted by atomic mass is 9.82. The smallest absolute Gasteiger partial charge is 0.134 e. The summed E-state index contributed by atoms with van der Waals surface area (Å²) in [6.45, 7) is 11.0. The number of furan rings is 1. The summed E-state index contributed by atoms with van der Waals surface area (Å²) < 4.78 is 6.28. The van der Waals surface area contributed by atoms with Gasteiger partial charge in [-0.3, -0.25) is 0 Å². The Kier molecular flexibility index (Phi) is 8.83. The minimum atomic E-state index is -0.120. The van der Waals surface area contributed by atoms with Gasteiger partial charge >= 0.3 is 0 Å². The van der Waals surface area contributed by atoms with E-state index in [-0.39, 0.29) is 5.41 Å². The zero-order valence-electron chi connectivity index (χ0n) is 31.8. The highest BCUT2D eigenvalue weighted by Gasteiger charge is 2.35. The summed E-state index contributed by atoms with van der Waals surface area (Å²) in [6, 6.07) is 53.3. The average molecular weight is 712 g/mol. The molecule has 2 aliphatic carbocycles. The third-order valence-corrected chi connectivity index (χ3v) is 11.5. The normalized spacial score (nSPS) is 14.1. The Labute approximate surface area is 325 Å². The molecule has 0 amide bonds. The van der Waals surface area contributed by atoms with Crippen LogP contribution in [-0.2, 0) is 11.8 Å². The Morgan fingerprint density at radius 3 is 1.98 bits per heavy atom. The van der Waals surface area contributed by atoms with Crippen molar-refractivity contribution >= 4 is 40.9 Å². The van der Waals surface area contributed by atoms with E-state index in [0.29, 0.717) is 0 Å². The zero-order chi connectivity index (χ0) is 37.5. The van der Waals surface area contributed by atoms with Crippen molar-refractivity contribution in [1.29, 1.82) is 0 Å². The van der Waals surface area contributed by atoms with E-state index >= 15 is 0 Å². The second-order valence-corrected chi connectivity index (χ2v) is 15.3. The number of hydrogen-bond donors (Lipinski definition) is 0. The summed E-state index contributed by atoms with van der Waals surface area (Å²) in [7, 11) is 0. The summed E-state index contributed by atoms with van der Waals surface area (Å²) >= 11 is 0. The van der Waals surface area contributed by atoms with Crippen molar-refractivity contribution < 1.29 is 4.42 Å². The molecule has 2 nitrogen and oxygen atoms in total. The molecule has 0 unspecified atom stereocenters. The van der Waals surface area contributed by atoms with Crippen molar-refractivity contribution in [2.75, 3.05) is 4.90 Å². The van der Waals surface area contributed by atoms with Gasteiger partial charge in [0.1, 0.15) is 11.5 Å². The SMILES string of the molecule is C=Cc1oc2c(c1/C=C(\C)c1ccc(N(c3cc(-c4ccccc4)cc(-c4ccccc4)c3)c3ccc4c(c3)C(C)(C)c3ccccc3-4)cc1)C=CCCC2. The van der Waals surface area contributed by atoms with Gasteiger partial charge in [-0.25, -0.2) is 0 Å². The first-order valence-electron chi connectivity index (χ1n) is 19.4. The Bertz CT molecular complexity index is 2540. The number of fused-ring (bicyclic) bond motifs is 4. The molecule has 1 aromatic heterocycles. The predicted octanol–water partition coefficient (Wildman–Crippen LogP) is 14.9. The Morgan fingerprint density at radius 2 is 1.29 bits per heavy atom. The van der Waals surface area contributed by atoms with Crippen LogP contribution < -0.4 is 4.90 Å².